The molecule has 0 saturated carbocycles. The second-order valence-corrected chi connectivity index (χ2v) is 6.29. The van der Waals surface area contributed by atoms with Gasteiger partial charge in [0.05, 0.1) is 25.1 Å². The van der Waals surface area contributed by atoms with Crippen molar-refractivity contribution in [1.29, 1.82) is 0 Å². The second-order valence-electron chi connectivity index (χ2n) is 6.29. The van der Waals surface area contributed by atoms with Crippen molar-refractivity contribution in [3.63, 3.8) is 0 Å². The summed E-state index contributed by atoms with van der Waals surface area (Å²) in [6, 6.07) is 12.2. The van der Waals surface area contributed by atoms with Crippen LogP contribution < -0.4 is 4.74 Å². The van der Waals surface area contributed by atoms with Crippen molar-refractivity contribution in [3.05, 3.63) is 48.8 Å². The zero-order valence-electron chi connectivity index (χ0n) is 13.7. The number of aromatic nitrogens is 4. The molecule has 1 aliphatic rings. The number of imidazole rings is 1. The summed E-state index contributed by atoms with van der Waals surface area (Å²) in [5, 5.41) is 5.83. The molecule has 6 heteroatoms. The Morgan fingerprint density at radius 2 is 2.04 bits per heavy atom. The van der Waals surface area contributed by atoms with Crippen LogP contribution >= 0.6 is 0 Å². The molecule has 0 amide bonds. The van der Waals surface area contributed by atoms with Gasteiger partial charge in [0.1, 0.15) is 6.10 Å². The molecule has 4 heterocycles. The average Bonchev–Trinajstić information content (AvgIpc) is 3.28. The van der Waals surface area contributed by atoms with Crippen LogP contribution in [0.4, 0.5) is 0 Å². The number of hydrogen-bond donors (Lipinski definition) is 1. The zero-order chi connectivity index (χ0) is 16.6. The fourth-order valence-electron chi connectivity index (χ4n) is 3.29. The Balaban J connectivity index is 1.53. The Bertz CT molecular complexity index is 1030. The van der Waals surface area contributed by atoms with E-state index in [4.69, 9.17) is 9.47 Å². The number of nitrogens with one attached hydrogen (secondary N) is 1. The number of aromatic amines is 1. The summed E-state index contributed by atoms with van der Waals surface area (Å²) in [6.45, 7) is 1.50. The summed E-state index contributed by atoms with van der Waals surface area (Å²) < 4.78 is 13.3. The molecule has 5 rings (SSSR count). The molecular weight excluding hydrogens is 316 g/mol. The lowest BCUT2D eigenvalue weighted by atomic mass is 10.1. The number of nitrogens with zero attached hydrogens (tertiary/aromatic N) is 3. The van der Waals surface area contributed by atoms with Gasteiger partial charge in [0.2, 0.25) is 5.88 Å². The van der Waals surface area contributed by atoms with E-state index < -0.39 is 0 Å². The quantitative estimate of drug-likeness (QED) is 0.623. The van der Waals surface area contributed by atoms with Gasteiger partial charge in [-0.3, -0.25) is 0 Å². The van der Waals surface area contributed by atoms with E-state index in [2.05, 4.69) is 39.3 Å². The number of hydrogen-bond acceptors (Lipinski definition) is 4. The fraction of sp³-hybridized carbons (Fsp3) is 0.263. The maximum absolute atomic E-state index is 6.04. The van der Waals surface area contributed by atoms with Crippen molar-refractivity contribution >= 4 is 16.6 Å². The van der Waals surface area contributed by atoms with Crippen LogP contribution in [-0.2, 0) is 4.74 Å². The third kappa shape index (κ3) is 2.64. The summed E-state index contributed by atoms with van der Waals surface area (Å²) in [5.41, 5.74) is 3.96. The van der Waals surface area contributed by atoms with Crippen molar-refractivity contribution in [1.82, 2.24) is 19.6 Å². The van der Waals surface area contributed by atoms with Crippen LogP contribution in [0.3, 0.4) is 0 Å². The molecule has 1 N–H and O–H groups in total. The molecule has 0 atom stereocenters. The molecular formula is C19H18N4O2. The molecule has 4 aromatic rings. The Labute approximate surface area is 144 Å². The summed E-state index contributed by atoms with van der Waals surface area (Å²) in [5.74, 6) is 0.626. The predicted molar refractivity (Wildman–Crippen MR) is 94.7 cm³/mol. The number of ether oxygens (including phenoxy) is 2. The fourth-order valence-corrected chi connectivity index (χ4v) is 3.29. The predicted octanol–water partition coefficient (Wildman–Crippen LogP) is 3.44. The lowest BCUT2D eigenvalue weighted by Crippen LogP contribution is -2.26. The van der Waals surface area contributed by atoms with E-state index in [0.29, 0.717) is 5.88 Å². The third-order valence-corrected chi connectivity index (χ3v) is 4.64. The Morgan fingerprint density at radius 1 is 1.12 bits per heavy atom. The van der Waals surface area contributed by atoms with Gasteiger partial charge in [0, 0.05) is 41.6 Å². The second kappa shape index (κ2) is 5.89. The number of fused-ring (bicyclic) bond motifs is 2. The largest absolute Gasteiger partial charge is 0.473 e. The van der Waals surface area contributed by atoms with Crippen molar-refractivity contribution in [2.45, 2.75) is 18.9 Å². The Morgan fingerprint density at radius 3 is 2.96 bits per heavy atom. The van der Waals surface area contributed by atoms with Gasteiger partial charge >= 0.3 is 0 Å². The first-order valence-corrected chi connectivity index (χ1v) is 8.53. The molecule has 0 unspecified atom stereocenters. The molecule has 0 aliphatic carbocycles. The van der Waals surface area contributed by atoms with Crippen LogP contribution in [-0.4, -0.2) is 38.9 Å². The molecule has 25 heavy (non-hydrogen) atoms. The highest BCUT2D eigenvalue weighted by molar-refractivity contribution is 5.84. The molecule has 126 valence electrons. The maximum Gasteiger partial charge on any atom is 0.232 e. The van der Waals surface area contributed by atoms with Crippen LogP contribution in [0.2, 0.25) is 0 Å². The van der Waals surface area contributed by atoms with Gasteiger partial charge in [-0.15, -0.1) is 5.10 Å². The molecule has 6 nitrogen and oxygen atoms in total. The van der Waals surface area contributed by atoms with Crippen molar-refractivity contribution < 1.29 is 9.47 Å². The highest BCUT2D eigenvalue weighted by atomic mass is 16.5. The third-order valence-electron chi connectivity index (χ3n) is 4.64. The topological polar surface area (TPSA) is 64.4 Å². The van der Waals surface area contributed by atoms with Crippen LogP contribution in [0.5, 0.6) is 5.88 Å². The highest BCUT2D eigenvalue weighted by Crippen LogP contribution is 2.25. The van der Waals surface area contributed by atoms with Gasteiger partial charge in [-0.05, 0) is 24.3 Å². The average molecular weight is 334 g/mol. The van der Waals surface area contributed by atoms with E-state index in [1.165, 1.54) is 5.39 Å². The highest BCUT2D eigenvalue weighted by Gasteiger charge is 2.17. The van der Waals surface area contributed by atoms with E-state index in [9.17, 15) is 0 Å². The lowest BCUT2D eigenvalue weighted by molar-refractivity contribution is 0.0232. The minimum absolute atomic E-state index is 0.168. The molecule has 1 fully saturated rings. The first-order chi connectivity index (χ1) is 12.4. The van der Waals surface area contributed by atoms with E-state index in [-0.39, 0.29) is 6.10 Å². The Kier molecular flexibility index (Phi) is 3.41. The minimum atomic E-state index is 0.168. The van der Waals surface area contributed by atoms with E-state index in [0.717, 1.165) is 48.5 Å². The summed E-state index contributed by atoms with van der Waals surface area (Å²) in [6.07, 6.45) is 5.78. The molecule has 1 aromatic carbocycles. The van der Waals surface area contributed by atoms with Crippen molar-refractivity contribution in [2.75, 3.05) is 13.2 Å². The molecule has 0 bridgehead atoms. The van der Waals surface area contributed by atoms with Crippen LogP contribution in [0.15, 0.2) is 48.8 Å². The number of benzene rings is 1. The van der Waals surface area contributed by atoms with Crippen molar-refractivity contribution in [3.8, 4) is 17.1 Å². The van der Waals surface area contributed by atoms with E-state index in [1.54, 1.807) is 0 Å². The van der Waals surface area contributed by atoms with Gasteiger partial charge in [-0.1, -0.05) is 6.07 Å². The molecule has 1 saturated heterocycles. The van der Waals surface area contributed by atoms with Crippen LogP contribution in [0, 0.1) is 0 Å². The minimum Gasteiger partial charge on any atom is -0.473 e. The smallest absolute Gasteiger partial charge is 0.232 e. The molecule has 3 aromatic heterocycles. The van der Waals surface area contributed by atoms with Gasteiger partial charge in [-0.2, -0.15) is 0 Å². The summed E-state index contributed by atoms with van der Waals surface area (Å²) in [7, 11) is 0. The molecule has 1 aliphatic heterocycles. The zero-order valence-corrected chi connectivity index (χ0v) is 13.7. The Hall–Kier alpha value is -2.86. The first kappa shape index (κ1) is 14.5. The number of H-pyrrole nitrogens is 1. The lowest BCUT2D eigenvalue weighted by Gasteiger charge is -2.22. The standard InChI is InChI=1S/C19H18N4O2/c1-2-16-13(5-8-20-16)11-14(1)17-12-21-18-3-4-19(22-23(17)18)25-15-6-9-24-10-7-15/h1-5,8,11-12,15,20H,6-7,9-10H2. The maximum atomic E-state index is 6.04. The first-order valence-electron chi connectivity index (χ1n) is 8.53. The number of rotatable bonds is 3. The normalized spacial score (nSPS) is 15.8. The summed E-state index contributed by atoms with van der Waals surface area (Å²) >= 11 is 0. The van der Waals surface area contributed by atoms with Gasteiger partial charge in [-0.25, -0.2) is 9.50 Å². The van der Waals surface area contributed by atoms with Crippen LogP contribution in [0.1, 0.15) is 12.8 Å². The molecule has 0 spiro atoms. The van der Waals surface area contributed by atoms with Gasteiger partial charge in [0.15, 0.2) is 5.65 Å². The van der Waals surface area contributed by atoms with Crippen LogP contribution in [0.25, 0.3) is 27.8 Å². The van der Waals surface area contributed by atoms with E-state index in [1.807, 2.05) is 29.0 Å². The van der Waals surface area contributed by atoms with Gasteiger partial charge < -0.3 is 14.5 Å². The summed E-state index contributed by atoms with van der Waals surface area (Å²) in [4.78, 5) is 7.68. The van der Waals surface area contributed by atoms with E-state index >= 15 is 0 Å². The van der Waals surface area contributed by atoms with Gasteiger partial charge in [0.25, 0.3) is 0 Å². The monoisotopic (exact) mass is 334 g/mol. The molecule has 0 radical (unpaired) electrons. The SMILES string of the molecule is c1cc2cc(-c3cnc4ccc(OC5CCOCC5)nn34)ccc2[nH]1. The van der Waals surface area contributed by atoms with Crippen molar-refractivity contribution in [2.24, 2.45) is 0 Å².